The Labute approximate surface area is 149 Å². The zero-order valence-corrected chi connectivity index (χ0v) is 15.1. The van der Waals surface area contributed by atoms with Gasteiger partial charge in [0.15, 0.2) is 0 Å². The molecule has 0 aromatic heterocycles. The Bertz CT molecular complexity index is 643. The molecule has 25 heavy (non-hydrogen) atoms. The van der Waals surface area contributed by atoms with Crippen molar-refractivity contribution in [3.63, 3.8) is 0 Å². The summed E-state index contributed by atoms with van der Waals surface area (Å²) in [6, 6.07) is 6.32. The predicted molar refractivity (Wildman–Crippen MR) is 96.6 cm³/mol. The fraction of sp³-hybridized carbons (Fsp3) is 0.650. The number of hydrogen-bond donors (Lipinski definition) is 3. The van der Waals surface area contributed by atoms with Crippen molar-refractivity contribution in [1.82, 2.24) is 0 Å². The van der Waals surface area contributed by atoms with Gasteiger partial charge < -0.3 is 20.2 Å². The molecule has 0 saturated carbocycles. The number of para-hydroxylation sites is 1. The molecular formula is C20H29NO4. The first kappa shape index (κ1) is 18.4. The number of aliphatic hydroxyl groups excluding tert-OH is 3. The molecule has 138 valence electrons. The normalized spacial score (nSPS) is 24.4. The van der Waals surface area contributed by atoms with Crippen LogP contribution in [0.15, 0.2) is 18.2 Å². The summed E-state index contributed by atoms with van der Waals surface area (Å²) < 4.78 is 0. The Morgan fingerprint density at radius 3 is 2.76 bits per heavy atom. The minimum atomic E-state index is -0.935. The summed E-state index contributed by atoms with van der Waals surface area (Å²) >= 11 is 0. The second-order valence-electron chi connectivity index (χ2n) is 8.13. The van der Waals surface area contributed by atoms with Gasteiger partial charge in [-0.15, -0.1) is 0 Å². The van der Waals surface area contributed by atoms with Gasteiger partial charge in [-0.3, -0.25) is 4.79 Å². The number of rotatable bonds is 5. The summed E-state index contributed by atoms with van der Waals surface area (Å²) in [5.41, 5.74) is 3.59. The molecule has 5 heteroatoms. The van der Waals surface area contributed by atoms with Crippen LogP contribution < -0.4 is 4.90 Å². The van der Waals surface area contributed by atoms with Crippen molar-refractivity contribution in [2.24, 2.45) is 5.92 Å². The maximum Gasteiger partial charge on any atom is 0.230 e. The summed E-state index contributed by atoms with van der Waals surface area (Å²) in [6.07, 6.45) is 1.17. The van der Waals surface area contributed by atoms with Crippen molar-refractivity contribution in [2.45, 2.75) is 63.6 Å². The smallest absolute Gasteiger partial charge is 0.230 e. The first-order valence-electron chi connectivity index (χ1n) is 9.24. The van der Waals surface area contributed by atoms with Crippen LogP contribution in [0.3, 0.4) is 0 Å². The van der Waals surface area contributed by atoms with E-state index < -0.39 is 12.2 Å². The number of amides is 1. The molecule has 0 aliphatic carbocycles. The van der Waals surface area contributed by atoms with E-state index in [4.69, 9.17) is 5.11 Å². The lowest BCUT2D eigenvalue weighted by atomic mass is 9.76. The van der Waals surface area contributed by atoms with Gasteiger partial charge in [-0.1, -0.05) is 32.0 Å². The summed E-state index contributed by atoms with van der Waals surface area (Å²) in [5, 5.41) is 28.7. The van der Waals surface area contributed by atoms with E-state index in [0.717, 1.165) is 18.5 Å². The second-order valence-corrected chi connectivity index (χ2v) is 8.13. The lowest BCUT2D eigenvalue weighted by molar-refractivity contribution is -0.123. The highest BCUT2D eigenvalue weighted by Crippen LogP contribution is 2.44. The Balaban J connectivity index is 1.84. The number of carbonyl (C=O) groups excluding carboxylic acids is 1. The van der Waals surface area contributed by atoms with Gasteiger partial charge in [0.2, 0.25) is 5.91 Å². The molecule has 3 rings (SSSR count). The van der Waals surface area contributed by atoms with Crippen molar-refractivity contribution < 1.29 is 20.1 Å². The fourth-order valence-electron chi connectivity index (χ4n) is 4.22. The lowest BCUT2D eigenvalue weighted by Gasteiger charge is -2.40. The van der Waals surface area contributed by atoms with Crippen LogP contribution in [0.4, 0.5) is 5.69 Å². The molecule has 2 aliphatic rings. The number of carbonyl (C=O) groups is 1. The van der Waals surface area contributed by atoms with Gasteiger partial charge >= 0.3 is 0 Å². The van der Waals surface area contributed by atoms with Crippen LogP contribution in [0.25, 0.3) is 0 Å². The molecule has 2 aliphatic heterocycles. The summed E-state index contributed by atoms with van der Waals surface area (Å²) in [6.45, 7) is 4.80. The van der Waals surface area contributed by atoms with E-state index in [2.05, 4.69) is 32.0 Å². The zero-order chi connectivity index (χ0) is 18.2. The van der Waals surface area contributed by atoms with Crippen LogP contribution in [-0.4, -0.2) is 46.6 Å². The Hall–Kier alpha value is -1.43. The van der Waals surface area contributed by atoms with Crippen LogP contribution in [0.1, 0.15) is 50.7 Å². The average molecular weight is 347 g/mol. The van der Waals surface area contributed by atoms with Crippen molar-refractivity contribution in [2.75, 3.05) is 18.1 Å². The molecule has 0 fully saturated rings. The monoisotopic (exact) mass is 347 g/mol. The van der Waals surface area contributed by atoms with Gasteiger partial charge in [0.05, 0.1) is 24.5 Å². The number of benzene rings is 1. The van der Waals surface area contributed by atoms with Gasteiger partial charge in [0.1, 0.15) is 0 Å². The van der Waals surface area contributed by atoms with E-state index in [9.17, 15) is 15.0 Å². The van der Waals surface area contributed by atoms with E-state index in [1.54, 1.807) is 0 Å². The molecule has 3 unspecified atom stereocenters. The van der Waals surface area contributed by atoms with Crippen molar-refractivity contribution in [3.8, 4) is 0 Å². The standard InChI is InChI=1S/C20H29NO4/c1-20(2)8-9-21-18-13(4-3-5-17(18)20)6-7-14(19(21)25)10-15(23)11-16(24)12-22/h3-5,14-16,22-24H,6-12H2,1-2H3. The SMILES string of the molecule is CC1(C)CCN2C(=O)C(CC(O)CC(O)CO)CCc3cccc1c32. The van der Waals surface area contributed by atoms with Gasteiger partial charge in [-0.25, -0.2) is 0 Å². The van der Waals surface area contributed by atoms with E-state index in [1.807, 2.05) is 4.90 Å². The number of aliphatic hydroxyl groups is 3. The maximum atomic E-state index is 13.1. The highest BCUT2D eigenvalue weighted by molar-refractivity contribution is 5.98. The number of nitrogens with zero attached hydrogens (tertiary/aromatic N) is 1. The van der Waals surface area contributed by atoms with Crippen LogP contribution >= 0.6 is 0 Å². The van der Waals surface area contributed by atoms with Crippen molar-refractivity contribution in [1.29, 1.82) is 0 Å². The van der Waals surface area contributed by atoms with Gasteiger partial charge in [0.25, 0.3) is 0 Å². The Morgan fingerprint density at radius 1 is 1.28 bits per heavy atom. The molecule has 0 radical (unpaired) electrons. The maximum absolute atomic E-state index is 13.1. The van der Waals surface area contributed by atoms with E-state index in [0.29, 0.717) is 19.4 Å². The Morgan fingerprint density at radius 2 is 2.04 bits per heavy atom. The summed E-state index contributed by atoms with van der Waals surface area (Å²) in [7, 11) is 0. The van der Waals surface area contributed by atoms with E-state index in [1.165, 1.54) is 11.1 Å². The number of anilines is 1. The average Bonchev–Trinajstić information content (AvgIpc) is 2.70. The van der Waals surface area contributed by atoms with Gasteiger partial charge in [-0.05, 0) is 42.2 Å². The largest absolute Gasteiger partial charge is 0.394 e. The molecule has 2 heterocycles. The summed E-state index contributed by atoms with van der Waals surface area (Å²) in [4.78, 5) is 15.0. The van der Waals surface area contributed by atoms with Gasteiger partial charge in [-0.2, -0.15) is 0 Å². The third kappa shape index (κ3) is 3.59. The summed E-state index contributed by atoms with van der Waals surface area (Å²) in [5.74, 6) is -0.165. The molecule has 5 nitrogen and oxygen atoms in total. The first-order valence-corrected chi connectivity index (χ1v) is 9.24. The highest BCUT2D eigenvalue weighted by atomic mass is 16.3. The molecule has 0 bridgehead atoms. The third-order valence-electron chi connectivity index (χ3n) is 5.77. The molecular weight excluding hydrogens is 318 g/mol. The molecule has 1 aromatic carbocycles. The minimum absolute atomic E-state index is 0.0622. The molecule has 0 spiro atoms. The van der Waals surface area contributed by atoms with Crippen LogP contribution in [0.2, 0.25) is 0 Å². The molecule has 3 atom stereocenters. The lowest BCUT2D eigenvalue weighted by Crippen LogP contribution is -2.44. The van der Waals surface area contributed by atoms with Crippen LogP contribution in [-0.2, 0) is 16.6 Å². The van der Waals surface area contributed by atoms with Crippen LogP contribution in [0, 0.1) is 5.92 Å². The quantitative estimate of drug-likeness (QED) is 0.758. The topological polar surface area (TPSA) is 81.0 Å². The number of aryl methyl sites for hydroxylation is 1. The predicted octanol–water partition coefficient (Wildman–Crippen LogP) is 1.76. The van der Waals surface area contributed by atoms with Crippen molar-refractivity contribution >= 4 is 11.6 Å². The second kappa shape index (κ2) is 7.06. The molecule has 1 aromatic rings. The van der Waals surface area contributed by atoms with E-state index >= 15 is 0 Å². The van der Waals surface area contributed by atoms with Crippen molar-refractivity contribution in [3.05, 3.63) is 29.3 Å². The van der Waals surface area contributed by atoms with Crippen LogP contribution in [0.5, 0.6) is 0 Å². The molecule has 1 amide bonds. The fourth-order valence-corrected chi connectivity index (χ4v) is 4.22. The zero-order valence-electron chi connectivity index (χ0n) is 15.1. The number of hydrogen-bond acceptors (Lipinski definition) is 4. The third-order valence-corrected chi connectivity index (χ3v) is 5.77. The van der Waals surface area contributed by atoms with Gasteiger partial charge in [0, 0.05) is 18.9 Å². The highest BCUT2D eigenvalue weighted by Gasteiger charge is 2.39. The van der Waals surface area contributed by atoms with E-state index in [-0.39, 0.29) is 30.3 Å². The minimum Gasteiger partial charge on any atom is -0.394 e. The Kier molecular flexibility index (Phi) is 5.19. The molecule has 3 N–H and O–H groups in total. The molecule has 0 saturated heterocycles. The first-order chi connectivity index (χ1) is 11.8.